The van der Waals surface area contributed by atoms with Crippen molar-refractivity contribution < 1.29 is 4.79 Å². The van der Waals surface area contributed by atoms with Crippen molar-refractivity contribution in [2.45, 2.75) is 6.42 Å². The van der Waals surface area contributed by atoms with Crippen molar-refractivity contribution in [1.82, 2.24) is 20.6 Å². The molecule has 0 fully saturated rings. The molecular formula is C9H14N4O. The summed E-state index contributed by atoms with van der Waals surface area (Å²) in [4.78, 5) is 19.1. The highest BCUT2D eigenvalue weighted by Crippen LogP contribution is 1.89. The maximum Gasteiger partial charge on any atom is 0.271 e. The van der Waals surface area contributed by atoms with Gasteiger partial charge in [-0.15, -0.1) is 0 Å². The summed E-state index contributed by atoms with van der Waals surface area (Å²) in [6, 6.07) is 0. The minimum atomic E-state index is -0.172. The van der Waals surface area contributed by atoms with Crippen LogP contribution >= 0.6 is 0 Å². The molecular weight excluding hydrogens is 180 g/mol. The summed E-state index contributed by atoms with van der Waals surface area (Å²) in [5, 5.41) is 5.75. The van der Waals surface area contributed by atoms with Crippen molar-refractivity contribution in [2.75, 3.05) is 20.1 Å². The van der Waals surface area contributed by atoms with E-state index >= 15 is 0 Å². The summed E-state index contributed by atoms with van der Waals surface area (Å²) in [5.74, 6) is -0.172. The molecule has 0 saturated carbocycles. The zero-order chi connectivity index (χ0) is 10.2. The largest absolute Gasteiger partial charge is 0.351 e. The van der Waals surface area contributed by atoms with E-state index in [0.717, 1.165) is 13.0 Å². The topological polar surface area (TPSA) is 66.9 Å². The quantitative estimate of drug-likeness (QED) is 0.638. The van der Waals surface area contributed by atoms with Crippen molar-refractivity contribution in [3.63, 3.8) is 0 Å². The molecule has 5 nitrogen and oxygen atoms in total. The third-order valence-electron chi connectivity index (χ3n) is 1.68. The van der Waals surface area contributed by atoms with Gasteiger partial charge in [0, 0.05) is 18.9 Å². The van der Waals surface area contributed by atoms with Crippen LogP contribution in [0.5, 0.6) is 0 Å². The Morgan fingerprint density at radius 1 is 1.43 bits per heavy atom. The lowest BCUT2D eigenvalue weighted by atomic mass is 10.4. The van der Waals surface area contributed by atoms with E-state index in [2.05, 4.69) is 20.6 Å². The molecule has 2 N–H and O–H groups in total. The van der Waals surface area contributed by atoms with Gasteiger partial charge in [0.05, 0.1) is 6.20 Å². The van der Waals surface area contributed by atoms with Crippen molar-refractivity contribution in [2.24, 2.45) is 0 Å². The summed E-state index contributed by atoms with van der Waals surface area (Å²) < 4.78 is 0. The zero-order valence-electron chi connectivity index (χ0n) is 8.16. The molecule has 0 aliphatic heterocycles. The number of carbonyl (C=O) groups excluding carboxylic acids is 1. The Labute approximate surface area is 83.0 Å². The van der Waals surface area contributed by atoms with E-state index in [1.165, 1.54) is 18.6 Å². The van der Waals surface area contributed by atoms with Crippen LogP contribution in [0.2, 0.25) is 0 Å². The Bertz CT molecular complexity index is 275. The fraction of sp³-hybridized carbons (Fsp3) is 0.444. The molecule has 0 aromatic carbocycles. The van der Waals surface area contributed by atoms with E-state index in [1.807, 2.05) is 7.05 Å². The predicted octanol–water partition coefficient (Wildman–Crippen LogP) is -0.184. The number of aromatic nitrogens is 2. The average Bonchev–Trinajstić information content (AvgIpc) is 2.25. The first-order valence-electron chi connectivity index (χ1n) is 4.53. The summed E-state index contributed by atoms with van der Waals surface area (Å²) in [7, 11) is 1.88. The fourth-order valence-electron chi connectivity index (χ4n) is 0.974. The van der Waals surface area contributed by atoms with E-state index < -0.39 is 0 Å². The summed E-state index contributed by atoms with van der Waals surface area (Å²) in [5.41, 5.74) is 0.358. The molecule has 14 heavy (non-hydrogen) atoms. The number of rotatable bonds is 5. The molecule has 1 aromatic heterocycles. The standard InChI is InChI=1S/C9H14N4O/c1-10-3-2-4-13-9(14)8-7-11-5-6-12-8/h5-7,10H,2-4H2,1H3,(H,13,14). The van der Waals surface area contributed by atoms with Gasteiger partial charge in [0.1, 0.15) is 5.69 Å². The van der Waals surface area contributed by atoms with Gasteiger partial charge >= 0.3 is 0 Å². The first-order valence-corrected chi connectivity index (χ1v) is 4.53. The number of nitrogens with zero attached hydrogens (tertiary/aromatic N) is 2. The number of carbonyl (C=O) groups is 1. The minimum absolute atomic E-state index is 0.172. The average molecular weight is 194 g/mol. The summed E-state index contributed by atoms with van der Waals surface area (Å²) >= 11 is 0. The van der Waals surface area contributed by atoms with Gasteiger partial charge < -0.3 is 10.6 Å². The van der Waals surface area contributed by atoms with E-state index in [1.54, 1.807) is 0 Å². The molecule has 0 bridgehead atoms. The third kappa shape index (κ3) is 3.49. The first kappa shape index (κ1) is 10.6. The van der Waals surface area contributed by atoms with Crippen LogP contribution in [0.25, 0.3) is 0 Å². The number of amides is 1. The molecule has 0 spiro atoms. The van der Waals surface area contributed by atoms with E-state index in [9.17, 15) is 4.79 Å². The van der Waals surface area contributed by atoms with Gasteiger partial charge in [0.15, 0.2) is 0 Å². The molecule has 76 valence electrons. The maximum atomic E-state index is 11.4. The van der Waals surface area contributed by atoms with E-state index in [-0.39, 0.29) is 5.91 Å². The number of nitrogens with one attached hydrogen (secondary N) is 2. The zero-order valence-corrected chi connectivity index (χ0v) is 8.16. The SMILES string of the molecule is CNCCCNC(=O)c1cnccn1. The monoisotopic (exact) mass is 194 g/mol. The number of hydrogen-bond donors (Lipinski definition) is 2. The van der Waals surface area contributed by atoms with Crippen LogP contribution in [-0.2, 0) is 0 Å². The Hall–Kier alpha value is -1.49. The lowest BCUT2D eigenvalue weighted by Gasteiger charge is -2.03. The highest BCUT2D eigenvalue weighted by atomic mass is 16.1. The van der Waals surface area contributed by atoms with Crippen LogP contribution in [0, 0.1) is 0 Å². The molecule has 5 heteroatoms. The minimum Gasteiger partial charge on any atom is -0.351 e. The molecule has 0 aliphatic rings. The lowest BCUT2D eigenvalue weighted by molar-refractivity contribution is 0.0948. The summed E-state index contributed by atoms with van der Waals surface area (Å²) in [6.45, 7) is 1.54. The second-order valence-corrected chi connectivity index (χ2v) is 2.80. The van der Waals surface area contributed by atoms with Crippen LogP contribution in [-0.4, -0.2) is 36.0 Å². The molecule has 0 atom stereocenters. The summed E-state index contributed by atoms with van der Waals surface area (Å²) in [6.07, 6.45) is 5.40. The Balaban J connectivity index is 2.29. The van der Waals surface area contributed by atoms with Crippen LogP contribution < -0.4 is 10.6 Å². The van der Waals surface area contributed by atoms with Gasteiger partial charge in [0.2, 0.25) is 0 Å². The first-order chi connectivity index (χ1) is 6.84. The second-order valence-electron chi connectivity index (χ2n) is 2.80. The highest BCUT2D eigenvalue weighted by Gasteiger charge is 2.04. The van der Waals surface area contributed by atoms with Gasteiger partial charge in [-0.2, -0.15) is 0 Å². The van der Waals surface area contributed by atoms with Crippen LogP contribution in [0.1, 0.15) is 16.9 Å². The predicted molar refractivity (Wildman–Crippen MR) is 52.9 cm³/mol. The molecule has 1 heterocycles. The third-order valence-corrected chi connectivity index (χ3v) is 1.68. The van der Waals surface area contributed by atoms with Crippen LogP contribution in [0.4, 0.5) is 0 Å². The van der Waals surface area contributed by atoms with Gasteiger partial charge in [-0.1, -0.05) is 0 Å². The van der Waals surface area contributed by atoms with Gasteiger partial charge in [-0.05, 0) is 20.0 Å². The molecule has 1 rings (SSSR count). The smallest absolute Gasteiger partial charge is 0.271 e. The van der Waals surface area contributed by atoms with Crippen LogP contribution in [0.3, 0.4) is 0 Å². The van der Waals surface area contributed by atoms with Crippen molar-refractivity contribution in [3.05, 3.63) is 24.3 Å². The fourth-order valence-corrected chi connectivity index (χ4v) is 0.974. The van der Waals surface area contributed by atoms with Gasteiger partial charge in [0.25, 0.3) is 5.91 Å². The second kappa shape index (κ2) is 6.04. The molecule has 0 unspecified atom stereocenters. The molecule has 1 aromatic rings. The highest BCUT2D eigenvalue weighted by molar-refractivity contribution is 5.91. The van der Waals surface area contributed by atoms with E-state index in [0.29, 0.717) is 12.2 Å². The van der Waals surface area contributed by atoms with Crippen LogP contribution in [0.15, 0.2) is 18.6 Å². The van der Waals surface area contributed by atoms with Crippen molar-refractivity contribution >= 4 is 5.91 Å². The normalized spacial score (nSPS) is 9.79. The Kier molecular flexibility index (Phi) is 4.57. The Morgan fingerprint density at radius 3 is 2.93 bits per heavy atom. The van der Waals surface area contributed by atoms with Crippen molar-refractivity contribution in [3.8, 4) is 0 Å². The molecule has 0 aliphatic carbocycles. The van der Waals surface area contributed by atoms with Crippen molar-refractivity contribution in [1.29, 1.82) is 0 Å². The lowest BCUT2D eigenvalue weighted by Crippen LogP contribution is -2.27. The maximum absolute atomic E-state index is 11.4. The molecule has 1 amide bonds. The van der Waals surface area contributed by atoms with Gasteiger partial charge in [-0.25, -0.2) is 4.98 Å². The Morgan fingerprint density at radius 2 is 2.29 bits per heavy atom. The molecule has 0 saturated heterocycles. The molecule has 0 radical (unpaired) electrons. The number of hydrogen-bond acceptors (Lipinski definition) is 4. The van der Waals surface area contributed by atoms with E-state index in [4.69, 9.17) is 0 Å². The van der Waals surface area contributed by atoms with Gasteiger partial charge in [-0.3, -0.25) is 9.78 Å².